The Morgan fingerprint density at radius 1 is 0.298 bits per heavy atom. The van der Waals surface area contributed by atoms with E-state index < -0.39 is 5.41 Å². The van der Waals surface area contributed by atoms with Crippen LogP contribution in [0, 0.1) is 0 Å². The standard InChI is InChI=1S/C47H26N6S4/c1-3-11-33-29(9-1)30-10-2-4-12-34(30)47(33)35-25-27(41-48-43(37-13-5-21-54-37)52-44(49-41)38-14-6-22-55-38)17-19-31(35)32-20-18-28(26-36(32)47)42-50-45(39-15-7-23-56-39)53-46(51-42)40-16-8-24-57-40/h1-26H. The molecule has 6 aromatic heterocycles. The Kier molecular flexibility index (Phi) is 7.43. The van der Waals surface area contributed by atoms with Crippen molar-refractivity contribution in [2.45, 2.75) is 5.41 Å². The van der Waals surface area contributed by atoms with Gasteiger partial charge in [0.2, 0.25) is 0 Å². The first-order valence-electron chi connectivity index (χ1n) is 18.4. The van der Waals surface area contributed by atoms with Crippen LogP contribution in [0.1, 0.15) is 22.3 Å². The van der Waals surface area contributed by atoms with Gasteiger partial charge >= 0.3 is 0 Å². The molecule has 2 aliphatic carbocycles. The Balaban J connectivity index is 1.10. The molecule has 268 valence electrons. The second-order valence-corrected chi connectivity index (χ2v) is 17.7. The molecule has 0 unspecified atom stereocenters. The maximum Gasteiger partial charge on any atom is 0.174 e. The summed E-state index contributed by atoms with van der Waals surface area (Å²) < 4.78 is 0. The average Bonchev–Trinajstić information content (AvgIpc) is 4.13. The van der Waals surface area contributed by atoms with E-state index >= 15 is 0 Å². The largest absolute Gasteiger partial charge is 0.207 e. The highest BCUT2D eigenvalue weighted by Crippen LogP contribution is 2.63. The molecule has 6 nitrogen and oxygen atoms in total. The van der Waals surface area contributed by atoms with Crippen LogP contribution in [-0.2, 0) is 5.41 Å². The summed E-state index contributed by atoms with van der Waals surface area (Å²) in [5.41, 5.74) is 11.0. The van der Waals surface area contributed by atoms with E-state index in [0.29, 0.717) is 34.9 Å². The average molecular weight is 803 g/mol. The minimum absolute atomic E-state index is 0.607. The summed E-state index contributed by atoms with van der Waals surface area (Å²) in [5.74, 6) is 4.02. The first kappa shape index (κ1) is 32.9. The first-order chi connectivity index (χ1) is 28.2. The van der Waals surface area contributed by atoms with Crippen molar-refractivity contribution in [3.05, 3.63) is 177 Å². The first-order valence-corrected chi connectivity index (χ1v) is 21.9. The highest BCUT2D eigenvalue weighted by Gasteiger charge is 2.52. The molecule has 57 heavy (non-hydrogen) atoms. The Morgan fingerprint density at radius 2 is 0.632 bits per heavy atom. The minimum atomic E-state index is -0.607. The Morgan fingerprint density at radius 3 is 0.982 bits per heavy atom. The molecule has 0 atom stereocenters. The quantitative estimate of drug-likeness (QED) is 0.167. The van der Waals surface area contributed by atoms with Gasteiger partial charge in [-0.2, -0.15) is 0 Å². The smallest absolute Gasteiger partial charge is 0.174 e. The number of fused-ring (bicyclic) bond motifs is 10. The molecule has 0 amide bonds. The fourth-order valence-electron chi connectivity index (χ4n) is 8.49. The summed E-state index contributed by atoms with van der Waals surface area (Å²) in [4.78, 5) is 34.4. The zero-order valence-corrected chi connectivity index (χ0v) is 33.1. The van der Waals surface area contributed by atoms with E-state index in [0.717, 1.165) is 30.6 Å². The maximum absolute atomic E-state index is 5.12. The lowest BCUT2D eigenvalue weighted by Crippen LogP contribution is -2.26. The van der Waals surface area contributed by atoms with E-state index in [2.05, 4.69) is 131 Å². The number of hydrogen-bond donors (Lipinski definition) is 0. The monoisotopic (exact) mass is 802 g/mol. The van der Waals surface area contributed by atoms with Crippen LogP contribution < -0.4 is 0 Å². The van der Waals surface area contributed by atoms with E-state index in [1.54, 1.807) is 45.3 Å². The molecule has 2 aliphatic rings. The van der Waals surface area contributed by atoms with Gasteiger partial charge in [-0.25, -0.2) is 29.9 Å². The Labute approximate surface area is 343 Å². The fourth-order valence-corrected chi connectivity index (χ4v) is 11.1. The van der Waals surface area contributed by atoms with Crippen LogP contribution in [0.25, 0.3) is 87.8 Å². The molecule has 4 aromatic carbocycles. The molecule has 0 N–H and O–H groups in total. The van der Waals surface area contributed by atoms with Crippen LogP contribution in [-0.4, -0.2) is 29.9 Å². The molecule has 0 fully saturated rings. The molecule has 0 aliphatic heterocycles. The van der Waals surface area contributed by atoms with Crippen molar-refractivity contribution in [3.63, 3.8) is 0 Å². The predicted octanol–water partition coefficient (Wildman–Crippen LogP) is 12.6. The van der Waals surface area contributed by atoms with Gasteiger partial charge in [-0.3, -0.25) is 0 Å². The van der Waals surface area contributed by atoms with Crippen molar-refractivity contribution in [2.75, 3.05) is 0 Å². The van der Waals surface area contributed by atoms with Gasteiger partial charge in [-0.1, -0.05) is 97.1 Å². The number of thiophene rings is 4. The van der Waals surface area contributed by atoms with E-state index in [4.69, 9.17) is 29.9 Å². The minimum Gasteiger partial charge on any atom is -0.207 e. The lowest BCUT2D eigenvalue weighted by molar-refractivity contribution is 0.794. The summed E-state index contributed by atoms with van der Waals surface area (Å²) in [7, 11) is 0. The number of hydrogen-bond acceptors (Lipinski definition) is 10. The molecule has 6 heterocycles. The van der Waals surface area contributed by atoms with Crippen molar-refractivity contribution < 1.29 is 0 Å². The molecular formula is C47H26N6S4. The Hall–Kier alpha value is -6.30. The van der Waals surface area contributed by atoms with E-state index in [1.165, 1.54) is 44.5 Å². The molecule has 10 aromatic rings. The fraction of sp³-hybridized carbons (Fsp3) is 0.0213. The lowest BCUT2D eigenvalue weighted by Gasteiger charge is -2.31. The highest BCUT2D eigenvalue weighted by molar-refractivity contribution is 7.14. The van der Waals surface area contributed by atoms with Gasteiger partial charge in [-0.05, 0) is 102 Å². The number of benzene rings is 4. The molecule has 0 saturated heterocycles. The molecule has 12 rings (SSSR count). The van der Waals surface area contributed by atoms with Crippen molar-refractivity contribution in [2.24, 2.45) is 0 Å². The summed E-state index contributed by atoms with van der Waals surface area (Å²) in [6.07, 6.45) is 0. The van der Waals surface area contributed by atoms with Gasteiger partial charge in [0.1, 0.15) is 0 Å². The predicted molar refractivity (Wildman–Crippen MR) is 234 cm³/mol. The third kappa shape index (κ3) is 5.05. The third-order valence-corrected chi connectivity index (χ3v) is 14.3. The van der Waals surface area contributed by atoms with Gasteiger partial charge in [0, 0.05) is 11.1 Å². The highest BCUT2D eigenvalue weighted by atomic mass is 32.1. The zero-order valence-electron chi connectivity index (χ0n) is 29.8. The van der Waals surface area contributed by atoms with Crippen LogP contribution in [0.3, 0.4) is 0 Å². The van der Waals surface area contributed by atoms with Crippen molar-refractivity contribution in [1.29, 1.82) is 0 Å². The molecule has 10 heteroatoms. The molecule has 0 radical (unpaired) electrons. The summed E-state index contributed by atoms with van der Waals surface area (Å²) in [5, 5.41) is 8.25. The summed E-state index contributed by atoms with van der Waals surface area (Å²) >= 11 is 6.54. The summed E-state index contributed by atoms with van der Waals surface area (Å²) in [6, 6.07) is 47.7. The van der Waals surface area contributed by atoms with Crippen LogP contribution in [0.4, 0.5) is 0 Å². The number of aromatic nitrogens is 6. The topological polar surface area (TPSA) is 77.3 Å². The zero-order chi connectivity index (χ0) is 37.5. The number of nitrogens with zero attached hydrogens (tertiary/aromatic N) is 6. The van der Waals surface area contributed by atoms with Crippen LogP contribution in [0.5, 0.6) is 0 Å². The van der Waals surface area contributed by atoms with Crippen molar-refractivity contribution >= 4 is 45.3 Å². The summed E-state index contributed by atoms with van der Waals surface area (Å²) in [6.45, 7) is 0. The van der Waals surface area contributed by atoms with Crippen LogP contribution in [0.15, 0.2) is 155 Å². The second kappa shape index (κ2) is 12.9. The third-order valence-electron chi connectivity index (χ3n) is 10.8. The van der Waals surface area contributed by atoms with E-state index in [-0.39, 0.29) is 0 Å². The van der Waals surface area contributed by atoms with E-state index in [9.17, 15) is 0 Å². The van der Waals surface area contributed by atoms with Gasteiger partial charge in [-0.15, -0.1) is 45.3 Å². The van der Waals surface area contributed by atoms with E-state index in [1.807, 2.05) is 24.3 Å². The van der Waals surface area contributed by atoms with Gasteiger partial charge in [0.25, 0.3) is 0 Å². The molecule has 0 bridgehead atoms. The van der Waals surface area contributed by atoms with Crippen molar-refractivity contribution in [3.8, 4) is 87.8 Å². The van der Waals surface area contributed by atoms with Gasteiger partial charge in [0.05, 0.1) is 24.9 Å². The van der Waals surface area contributed by atoms with Crippen LogP contribution >= 0.6 is 45.3 Å². The number of rotatable bonds is 6. The lowest BCUT2D eigenvalue weighted by atomic mass is 9.70. The van der Waals surface area contributed by atoms with Crippen LogP contribution in [0.2, 0.25) is 0 Å². The molecule has 1 spiro atoms. The normalized spacial score (nSPS) is 13.1. The second-order valence-electron chi connectivity index (χ2n) is 13.9. The molecular weight excluding hydrogens is 777 g/mol. The van der Waals surface area contributed by atoms with Gasteiger partial charge in [0.15, 0.2) is 34.9 Å². The van der Waals surface area contributed by atoms with Gasteiger partial charge < -0.3 is 0 Å². The Bertz CT molecular complexity index is 2820. The molecule has 0 saturated carbocycles. The van der Waals surface area contributed by atoms with Crippen molar-refractivity contribution in [1.82, 2.24) is 29.9 Å². The maximum atomic E-state index is 5.12. The SMILES string of the molecule is c1csc(-c2nc(-c3ccc4c(c3)C3(c5ccccc5-c5ccccc53)c3cc(-c5nc(-c6cccs6)nc(-c6cccs6)n5)ccc3-4)nc(-c3cccs3)n2)c1.